The minimum Gasteiger partial charge on any atom is -0.494 e. The van der Waals surface area contributed by atoms with Crippen molar-refractivity contribution < 1.29 is 19.1 Å². The summed E-state index contributed by atoms with van der Waals surface area (Å²) in [6, 6.07) is 10.3. The molecule has 8 heteroatoms. The van der Waals surface area contributed by atoms with Gasteiger partial charge in [0.2, 0.25) is 0 Å². The van der Waals surface area contributed by atoms with Gasteiger partial charge in [0.15, 0.2) is 0 Å². The van der Waals surface area contributed by atoms with Gasteiger partial charge in [-0.05, 0) is 62.1 Å². The van der Waals surface area contributed by atoms with Gasteiger partial charge in [-0.1, -0.05) is 0 Å². The highest BCUT2D eigenvalue weighted by atomic mass is 16.5. The van der Waals surface area contributed by atoms with Crippen LogP contribution < -0.4 is 15.4 Å². The standard InChI is InChI=1S/C22H26N4O4/c1-2-30-19-5-3-18(4-6-19)25-21(28)20(27)24-15-16-9-13-26(14-10-16)22(29)17-7-11-23-12-8-17/h3-8,11-12,16H,2,9-10,13-15H2,1H3,(H,24,27)(H,25,28). The maximum atomic E-state index is 12.5. The molecule has 1 aromatic carbocycles. The van der Waals surface area contributed by atoms with Gasteiger partial charge in [0, 0.05) is 43.3 Å². The summed E-state index contributed by atoms with van der Waals surface area (Å²) in [4.78, 5) is 42.4. The van der Waals surface area contributed by atoms with Crippen molar-refractivity contribution in [2.75, 3.05) is 31.6 Å². The van der Waals surface area contributed by atoms with Crippen molar-refractivity contribution in [3.63, 3.8) is 0 Å². The van der Waals surface area contributed by atoms with E-state index >= 15 is 0 Å². The third kappa shape index (κ3) is 5.79. The van der Waals surface area contributed by atoms with Crippen LogP contribution in [0.4, 0.5) is 5.69 Å². The van der Waals surface area contributed by atoms with Gasteiger partial charge < -0.3 is 20.3 Å². The van der Waals surface area contributed by atoms with Crippen LogP contribution in [-0.4, -0.2) is 53.8 Å². The fourth-order valence-electron chi connectivity index (χ4n) is 3.32. The number of ether oxygens (including phenoxy) is 1. The van der Waals surface area contributed by atoms with Crippen LogP contribution in [0.25, 0.3) is 0 Å². The number of amides is 3. The first-order chi connectivity index (χ1) is 14.6. The Morgan fingerprint density at radius 1 is 1.03 bits per heavy atom. The van der Waals surface area contributed by atoms with E-state index in [4.69, 9.17) is 4.74 Å². The van der Waals surface area contributed by atoms with Gasteiger partial charge in [0.05, 0.1) is 6.61 Å². The maximum Gasteiger partial charge on any atom is 0.313 e. The van der Waals surface area contributed by atoms with E-state index in [-0.39, 0.29) is 11.8 Å². The second-order valence-electron chi connectivity index (χ2n) is 7.09. The van der Waals surface area contributed by atoms with Crippen molar-refractivity contribution in [2.45, 2.75) is 19.8 Å². The molecular weight excluding hydrogens is 384 g/mol. The summed E-state index contributed by atoms with van der Waals surface area (Å²) >= 11 is 0. The molecule has 1 fully saturated rings. The Kier molecular flexibility index (Phi) is 7.37. The smallest absolute Gasteiger partial charge is 0.313 e. The molecule has 0 spiro atoms. The van der Waals surface area contributed by atoms with Crippen LogP contribution in [0.2, 0.25) is 0 Å². The molecule has 3 rings (SSSR count). The van der Waals surface area contributed by atoms with Crippen LogP contribution in [0, 0.1) is 5.92 Å². The molecule has 2 N–H and O–H groups in total. The Labute approximate surface area is 175 Å². The van der Waals surface area contributed by atoms with Gasteiger partial charge in [0.1, 0.15) is 5.75 Å². The lowest BCUT2D eigenvalue weighted by molar-refractivity contribution is -0.136. The minimum absolute atomic E-state index is 0.00498. The Bertz CT molecular complexity index is 862. The van der Waals surface area contributed by atoms with E-state index in [1.807, 2.05) is 11.8 Å². The quantitative estimate of drug-likeness (QED) is 0.710. The van der Waals surface area contributed by atoms with Gasteiger partial charge in [-0.15, -0.1) is 0 Å². The van der Waals surface area contributed by atoms with Gasteiger partial charge in [0.25, 0.3) is 5.91 Å². The number of anilines is 1. The van der Waals surface area contributed by atoms with Crippen LogP contribution in [-0.2, 0) is 9.59 Å². The lowest BCUT2D eigenvalue weighted by Gasteiger charge is -2.32. The Hall–Kier alpha value is -3.42. The molecule has 0 saturated carbocycles. The number of carbonyl (C=O) groups is 3. The molecule has 2 aromatic rings. The fourth-order valence-corrected chi connectivity index (χ4v) is 3.32. The molecule has 1 aromatic heterocycles. The average Bonchev–Trinajstić information content (AvgIpc) is 2.79. The van der Waals surface area contributed by atoms with Crippen LogP contribution >= 0.6 is 0 Å². The molecule has 0 aliphatic carbocycles. The van der Waals surface area contributed by atoms with Crippen molar-refractivity contribution in [3.8, 4) is 5.75 Å². The molecular formula is C22H26N4O4. The van der Waals surface area contributed by atoms with Gasteiger partial charge in [-0.25, -0.2) is 0 Å². The summed E-state index contributed by atoms with van der Waals surface area (Å²) in [6.07, 6.45) is 4.76. The molecule has 1 saturated heterocycles. The molecule has 1 aliphatic heterocycles. The first-order valence-corrected chi connectivity index (χ1v) is 10.1. The molecule has 3 amide bonds. The van der Waals surface area contributed by atoms with E-state index in [0.717, 1.165) is 12.8 Å². The maximum absolute atomic E-state index is 12.5. The molecule has 30 heavy (non-hydrogen) atoms. The zero-order valence-corrected chi connectivity index (χ0v) is 17.0. The van der Waals surface area contributed by atoms with Crippen LogP contribution in [0.15, 0.2) is 48.8 Å². The molecule has 0 bridgehead atoms. The lowest BCUT2D eigenvalue weighted by Crippen LogP contribution is -2.43. The number of likely N-dealkylation sites (tertiary alicyclic amines) is 1. The third-order valence-electron chi connectivity index (χ3n) is 5.01. The van der Waals surface area contributed by atoms with E-state index in [2.05, 4.69) is 15.6 Å². The van der Waals surface area contributed by atoms with Crippen molar-refractivity contribution in [1.82, 2.24) is 15.2 Å². The highest BCUT2D eigenvalue weighted by Gasteiger charge is 2.24. The number of carbonyl (C=O) groups excluding carboxylic acids is 3. The molecule has 1 aliphatic rings. The molecule has 8 nitrogen and oxygen atoms in total. The van der Waals surface area contributed by atoms with Crippen molar-refractivity contribution in [3.05, 3.63) is 54.4 Å². The predicted octanol–water partition coefficient (Wildman–Crippen LogP) is 2.09. The number of hydrogen-bond donors (Lipinski definition) is 2. The normalized spacial score (nSPS) is 14.1. The number of aromatic nitrogens is 1. The Morgan fingerprint density at radius 3 is 2.33 bits per heavy atom. The summed E-state index contributed by atoms with van der Waals surface area (Å²) < 4.78 is 5.35. The first kappa shape index (κ1) is 21.3. The average molecular weight is 410 g/mol. The van der Waals surface area contributed by atoms with Gasteiger partial charge >= 0.3 is 11.8 Å². The zero-order valence-electron chi connectivity index (χ0n) is 17.0. The van der Waals surface area contributed by atoms with Gasteiger partial charge in [-0.2, -0.15) is 0 Å². The summed E-state index contributed by atoms with van der Waals surface area (Å²) in [6.45, 7) is 4.11. The highest BCUT2D eigenvalue weighted by Crippen LogP contribution is 2.19. The van der Waals surface area contributed by atoms with Gasteiger partial charge in [-0.3, -0.25) is 19.4 Å². The van der Waals surface area contributed by atoms with E-state index in [0.29, 0.717) is 43.2 Å². The van der Waals surface area contributed by atoms with Crippen molar-refractivity contribution in [1.29, 1.82) is 0 Å². The molecule has 158 valence electrons. The Morgan fingerprint density at radius 2 is 1.70 bits per heavy atom. The Balaban J connectivity index is 1.40. The largest absolute Gasteiger partial charge is 0.494 e. The number of hydrogen-bond acceptors (Lipinski definition) is 5. The molecule has 2 heterocycles. The van der Waals surface area contributed by atoms with E-state index in [1.165, 1.54) is 0 Å². The molecule has 0 radical (unpaired) electrons. The number of piperidine rings is 1. The number of nitrogens with zero attached hydrogens (tertiary/aromatic N) is 2. The highest BCUT2D eigenvalue weighted by molar-refractivity contribution is 6.39. The summed E-state index contributed by atoms with van der Waals surface area (Å²) in [5, 5.41) is 5.27. The van der Waals surface area contributed by atoms with Crippen molar-refractivity contribution in [2.24, 2.45) is 5.92 Å². The minimum atomic E-state index is -0.704. The third-order valence-corrected chi connectivity index (χ3v) is 5.01. The summed E-state index contributed by atoms with van der Waals surface area (Å²) in [5.74, 6) is -0.444. The second kappa shape index (κ2) is 10.4. The zero-order chi connectivity index (χ0) is 21.3. The number of pyridine rings is 1. The number of nitrogens with one attached hydrogen (secondary N) is 2. The number of benzene rings is 1. The van der Waals surface area contributed by atoms with Crippen LogP contribution in [0.3, 0.4) is 0 Å². The molecule has 0 unspecified atom stereocenters. The SMILES string of the molecule is CCOc1ccc(NC(=O)C(=O)NCC2CCN(C(=O)c3ccncc3)CC2)cc1. The summed E-state index contributed by atoms with van der Waals surface area (Å²) in [5.41, 5.74) is 1.16. The topological polar surface area (TPSA) is 101 Å². The van der Waals surface area contributed by atoms with E-state index in [9.17, 15) is 14.4 Å². The van der Waals surface area contributed by atoms with E-state index < -0.39 is 11.8 Å². The fraction of sp³-hybridized carbons (Fsp3) is 0.364. The summed E-state index contributed by atoms with van der Waals surface area (Å²) in [7, 11) is 0. The second-order valence-corrected chi connectivity index (χ2v) is 7.09. The lowest BCUT2D eigenvalue weighted by atomic mass is 9.96. The number of rotatable bonds is 6. The first-order valence-electron chi connectivity index (χ1n) is 10.1. The predicted molar refractivity (Wildman–Crippen MR) is 112 cm³/mol. The van der Waals surface area contributed by atoms with E-state index in [1.54, 1.807) is 48.8 Å². The van der Waals surface area contributed by atoms with Crippen LogP contribution in [0.5, 0.6) is 5.75 Å². The molecule has 0 atom stereocenters. The monoisotopic (exact) mass is 410 g/mol. The van der Waals surface area contributed by atoms with Crippen LogP contribution in [0.1, 0.15) is 30.1 Å². The van der Waals surface area contributed by atoms with Crippen molar-refractivity contribution >= 4 is 23.4 Å².